The van der Waals surface area contributed by atoms with Crippen LogP contribution < -0.4 is 4.74 Å². The minimum absolute atomic E-state index is 0.149. The van der Waals surface area contributed by atoms with Crippen molar-refractivity contribution in [2.45, 2.75) is 24.9 Å². The highest BCUT2D eigenvalue weighted by Crippen LogP contribution is 2.47. The Kier molecular flexibility index (Phi) is 5.47. The zero-order valence-electron chi connectivity index (χ0n) is 11.8. The van der Waals surface area contributed by atoms with Crippen LogP contribution in [-0.4, -0.2) is 36.6 Å². The van der Waals surface area contributed by atoms with Gasteiger partial charge in [0.25, 0.3) is 0 Å². The van der Waals surface area contributed by atoms with Crippen LogP contribution in [0.5, 0.6) is 5.75 Å². The highest BCUT2D eigenvalue weighted by atomic mass is 19.4. The van der Waals surface area contributed by atoms with Crippen LogP contribution in [0.15, 0.2) is 24.3 Å². The van der Waals surface area contributed by atoms with Crippen molar-refractivity contribution in [3.05, 3.63) is 29.8 Å². The molecule has 0 bridgehead atoms. The molecule has 0 aliphatic rings. The summed E-state index contributed by atoms with van der Waals surface area (Å²) in [6, 6.07) is 3.98. The predicted octanol–water partition coefficient (Wildman–Crippen LogP) is 3.60. The molecule has 1 aromatic carbocycles. The van der Waals surface area contributed by atoms with Gasteiger partial charge in [0.15, 0.2) is 0 Å². The quantitative estimate of drug-likeness (QED) is 0.456. The third-order valence-electron chi connectivity index (χ3n) is 2.59. The van der Waals surface area contributed by atoms with Gasteiger partial charge in [0.2, 0.25) is 0 Å². The van der Waals surface area contributed by atoms with E-state index in [0.29, 0.717) is 0 Å². The fourth-order valence-corrected chi connectivity index (χ4v) is 1.40. The van der Waals surface area contributed by atoms with Crippen LogP contribution in [0.4, 0.5) is 30.7 Å². The zero-order chi connectivity index (χ0) is 18.8. The second-order valence-electron chi connectivity index (χ2n) is 4.25. The molecule has 0 spiro atoms. The second kappa shape index (κ2) is 6.65. The van der Waals surface area contributed by atoms with Gasteiger partial charge in [-0.3, -0.25) is 0 Å². The molecule has 0 amide bonds. The normalized spacial score (nSPS) is 12.7. The lowest BCUT2D eigenvalue weighted by Gasteiger charge is -2.26. The Labute approximate surface area is 130 Å². The van der Waals surface area contributed by atoms with Crippen LogP contribution in [-0.2, 0) is 9.53 Å². The minimum atomic E-state index is -6.68. The van der Waals surface area contributed by atoms with Crippen molar-refractivity contribution in [2.24, 2.45) is 0 Å². The van der Waals surface area contributed by atoms with Crippen LogP contribution in [0, 0.1) is 0 Å². The highest BCUT2D eigenvalue weighted by Gasteiger charge is 2.77. The minimum Gasteiger partial charge on any atom is -0.462 e. The van der Waals surface area contributed by atoms with Gasteiger partial charge in [-0.05, 0) is 19.1 Å². The van der Waals surface area contributed by atoms with Gasteiger partial charge in [-0.15, -0.1) is 0 Å². The molecule has 0 heterocycles. The van der Waals surface area contributed by atoms with Crippen molar-refractivity contribution >= 4 is 11.9 Å². The first-order valence-corrected chi connectivity index (χ1v) is 6.17. The lowest BCUT2D eigenvalue weighted by atomic mass is 10.1. The molecule has 0 unspecified atom stereocenters. The first-order valence-electron chi connectivity index (χ1n) is 6.17. The van der Waals surface area contributed by atoms with Gasteiger partial charge in [-0.2, -0.15) is 30.7 Å². The van der Waals surface area contributed by atoms with Gasteiger partial charge < -0.3 is 9.47 Å². The Morgan fingerprint density at radius 3 is 2.04 bits per heavy atom. The molecule has 0 aromatic heterocycles. The predicted molar refractivity (Wildman–Crippen MR) is 64.0 cm³/mol. The van der Waals surface area contributed by atoms with Crippen molar-refractivity contribution in [1.29, 1.82) is 0 Å². The molecule has 1 aromatic rings. The number of carbonyl (C=O) groups excluding carboxylic acids is 2. The molecule has 0 aliphatic heterocycles. The topological polar surface area (TPSA) is 52.6 Å². The average Bonchev–Trinajstić information content (AvgIpc) is 2.46. The van der Waals surface area contributed by atoms with E-state index < -0.39 is 41.3 Å². The number of hydrogen-bond donors (Lipinski definition) is 0. The van der Waals surface area contributed by atoms with E-state index in [1.54, 1.807) is 0 Å². The van der Waals surface area contributed by atoms with E-state index in [0.717, 1.165) is 18.2 Å². The Morgan fingerprint density at radius 1 is 1.00 bits per heavy atom. The van der Waals surface area contributed by atoms with Crippen molar-refractivity contribution in [3.8, 4) is 5.75 Å². The number of benzene rings is 1. The first kappa shape index (κ1) is 19.7. The number of ether oxygens (including phenoxy) is 2. The maximum Gasteiger partial charge on any atom is 0.460 e. The Hall–Kier alpha value is -2.33. The molecule has 1 rings (SSSR count). The smallest absolute Gasteiger partial charge is 0.460 e. The summed E-state index contributed by atoms with van der Waals surface area (Å²) in [6.07, 6.45) is -6.68. The molecule has 11 heteroatoms. The molecular formula is C13H9F7O4. The molecular weight excluding hydrogens is 353 g/mol. The number of para-hydroxylation sites is 1. The van der Waals surface area contributed by atoms with E-state index in [1.807, 2.05) is 0 Å². The van der Waals surface area contributed by atoms with Crippen LogP contribution in [0.3, 0.4) is 0 Å². The third-order valence-corrected chi connectivity index (χ3v) is 2.59. The number of esters is 2. The van der Waals surface area contributed by atoms with Crippen LogP contribution in [0.25, 0.3) is 0 Å². The largest absolute Gasteiger partial charge is 0.462 e. The third kappa shape index (κ3) is 3.60. The molecule has 0 saturated carbocycles. The van der Waals surface area contributed by atoms with Crippen LogP contribution in [0.2, 0.25) is 0 Å². The standard InChI is InChI=1S/C13H9F7O4/c1-2-23-9(21)7-5-3-4-6-8(7)24-10(22)11(14,15)12(16,17)13(18,19)20/h3-6H,2H2,1H3. The fourth-order valence-electron chi connectivity index (χ4n) is 1.40. The molecule has 0 saturated heterocycles. The molecule has 0 fully saturated rings. The number of carbonyl (C=O) groups is 2. The van der Waals surface area contributed by atoms with Gasteiger partial charge in [-0.25, -0.2) is 9.59 Å². The SMILES string of the molecule is CCOC(=O)c1ccccc1OC(=O)C(F)(F)C(F)(F)C(F)(F)F. The van der Waals surface area contributed by atoms with Gasteiger partial charge in [-0.1, -0.05) is 12.1 Å². The lowest BCUT2D eigenvalue weighted by Crippen LogP contribution is -2.57. The monoisotopic (exact) mass is 362 g/mol. The molecule has 0 aliphatic carbocycles. The van der Waals surface area contributed by atoms with Gasteiger partial charge in [0.1, 0.15) is 11.3 Å². The van der Waals surface area contributed by atoms with Gasteiger partial charge in [0.05, 0.1) is 6.61 Å². The van der Waals surface area contributed by atoms with Gasteiger partial charge in [0, 0.05) is 0 Å². The average molecular weight is 362 g/mol. The van der Waals surface area contributed by atoms with E-state index in [9.17, 15) is 40.3 Å². The van der Waals surface area contributed by atoms with Crippen LogP contribution >= 0.6 is 0 Å². The molecule has 0 N–H and O–H groups in total. The number of halogens is 7. The summed E-state index contributed by atoms with van der Waals surface area (Å²) in [5.41, 5.74) is -0.598. The Bertz CT molecular complexity index is 625. The summed E-state index contributed by atoms with van der Waals surface area (Å²) in [4.78, 5) is 22.7. The van der Waals surface area contributed by atoms with Crippen molar-refractivity contribution in [3.63, 3.8) is 0 Å². The van der Waals surface area contributed by atoms with E-state index in [2.05, 4.69) is 9.47 Å². The summed E-state index contributed by atoms with van der Waals surface area (Å²) < 4.78 is 96.4. The summed E-state index contributed by atoms with van der Waals surface area (Å²) in [7, 11) is 0. The molecule has 134 valence electrons. The maximum absolute atomic E-state index is 13.2. The number of hydrogen-bond acceptors (Lipinski definition) is 4. The summed E-state index contributed by atoms with van der Waals surface area (Å²) >= 11 is 0. The fraction of sp³-hybridized carbons (Fsp3) is 0.385. The summed E-state index contributed by atoms with van der Waals surface area (Å²) in [5, 5.41) is 0. The summed E-state index contributed by atoms with van der Waals surface area (Å²) in [6.45, 7) is 1.24. The van der Waals surface area contributed by atoms with Crippen molar-refractivity contribution < 1.29 is 49.8 Å². The highest BCUT2D eigenvalue weighted by molar-refractivity contribution is 5.94. The maximum atomic E-state index is 13.2. The summed E-state index contributed by atoms with van der Waals surface area (Å²) in [5.74, 6) is -18.1. The molecule has 0 radical (unpaired) electrons. The van der Waals surface area contributed by atoms with Crippen molar-refractivity contribution in [1.82, 2.24) is 0 Å². The molecule has 24 heavy (non-hydrogen) atoms. The van der Waals surface area contributed by atoms with Crippen LogP contribution in [0.1, 0.15) is 17.3 Å². The van der Waals surface area contributed by atoms with E-state index >= 15 is 0 Å². The molecule has 4 nitrogen and oxygen atoms in total. The first-order chi connectivity index (χ1) is 10.9. The van der Waals surface area contributed by atoms with E-state index in [4.69, 9.17) is 0 Å². The van der Waals surface area contributed by atoms with Crippen molar-refractivity contribution in [2.75, 3.05) is 6.61 Å². The number of alkyl halides is 7. The Balaban J connectivity index is 3.14. The lowest BCUT2D eigenvalue weighted by molar-refractivity contribution is -0.346. The Morgan fingerprint density at radius 2 is 1.54 bits per heavy atom. The van der Waals surface area contributed by atoms with E-state index in [1.165, 1.54) is 13.0 Å². The van der Waals surface area contributed by atoms with E-state index in [-0.39, 0.29) is 6.61 Å². The second-order valence-corrected chi connectivity index (χ2v) is 4.25. The van der Waals surface area contributed by atoms with Gasteiger partial charge >= 0.3 is 30.0 Å². The number of rotatable bonds is 5. The zero-order valence-corrected chi connectivity index (χ0v) is 11.8. The molecule has 0 atom stereocenters.